The Morgan fingerprint density at radius 2 is 1.67 bits per heavy atom. The molecule has 3 aromatic carbocycles. The number of carbonyl (C=O) groups excluding carboxylic acids is 1. The van der Waals surface area contributed by atoms with Crippen molar-refractivity contribution in [3.05, 3.63) is 89.5 Å². The summed E-state index contributed by atoms with van der Waals surface area (Å²) >= 11 is 1.48. The standard InChI is InChI=1S/C25H19N3OS/c1-15-11-12-21-23(13-15)30-25(27-21)28-24(29)19-14-22(17-8-4-3-7-16(17)2)26-20-10-6-5-9-18(19)20/h3-14H,1-2H3,(H,27,28,29). The molecule has 5 aromatic rings. The monoisotopic (exact) mass is 409 g/mol. The number of aromatic nitrogens is 2. The molecule has 2 heterocycles. The van der Waals surface area contributed by atoms with Crippen molar-refractivity contribution < 1.29 is 4.79 Å². The molecule has 1 amide bonds. The summed E-state index contributed by atoms with van der Waals surface area (Å²) in [5, 5.41) is 4.41. The minimum absolute atomic E-state index is 0.181. The van der Waals surface area contributed by atoms with Crippen LogP contribution in [-0.4, -0.2) is 15.9 Å². The smallest absolute Gasteiger partial charge is 0.258 e. The van der Waals surface area contributed by atoms with E-state index in [1.54, 1.807) is 0 Å². The van der Waals surface area contributed by atoms with Gasteiger partial charge in [-0.15, -0.1) is 0 Å². The lowest BCUT2D eigenvalue weighted by Gasteiger charge is -2.11. The van der Waals surface area contributed by atoms with Crippen LogP contribution in [0.4, 0.5) is 5.13 Å². The van der Waals surface area contributed by atoms with Crippen molar-refractivity contribution in [2.24, 2.45) is 0 Å². The highest BCUT2D eigenvalue weighted by atomic mass is 32.1. The number of anilines is 1. The number of benzene rings is 3. The molecule has 0 bridgehead atoms. The fraction of sp³-hybridized carbons (Fsp3) is 0.0800. The van der Waals surface area contributed by atoms with Gasteiger partial charge in [0.15, 0.2) is 5.13 Å². The molecule has 0 radical (unpaired) electrons. The van der Waals surface area contributed by atoms with Crippen molar-refractivity contribution in [1.82, 2.24) is 9.97 Å². The van der Waals surface area contributed by atoms with E-state index >= 15 is 0 Å². The predicted molar refractivity (Wildman–Crippen MR) is 124 cm³/mol. The van der Waals surface area contributed by atoms with Gasteiger partial charge >= 0.3 is 0 Å². The van der Waals surface area contributed by atoms with Crippen LogP contribution in [0.3, 0.4) is 0 Å². The molecule has 30 heavy (non-hydrogen) atoms. The van der Waals surface area contributed by atoms with Gasteiger partial charge in [-0.3, -0.25) is 10.1 Å². The van der Waals surface area contributed by atoms with E-state index in [1.165, 1.54) is 16.9 Å². The van der Waals surface area contributed by atoms with E-state index in [0.717, 1.165) is 37.9 Å². The van der Waals surface area contributed by atoms with Crippen LogP contribution in [0.2, 0.25) is 0 Å². The quantitative estimate of drug-likeness (QED) is 0.376. The summed E-state index contributed by atoms with van der Waals surface area (Å²) in [7, 11) is 0. The van der Waals surface area contributed by atoms with Crippen molar-refractivity contribution in [3.63, 3.8) is 0 Å². The number of aryl methyl sites for hydroxylation is 2. The summed E-state index contributed by atoms with van der Waals surface area (Å²) in [6.07, 6.45) is 0. The maximum absolute atomic E-state index is 13.3. The number of hydrogen-bond acceptors (Lipinski definition) is 4. The summed E-state index contributed by atoms with van der Waals surface area (Å²) in [6.45, 7) is 4.10. The van der Waals surface area contributed by atoms with E-state index in [2.05, 4.69) is 29.4 Å². The number of rotatable bonds is 3. The van der Waals surface area contributed by atoms with Gasteiger partial charge in [-0.05, 0) is 49.2 Å². The number of thiazole rings is 1. The number of amides is 1. The Labute approximate surface area is 178 Å². The van der Waals surface area contributed by atoms with Crippen LogP contribution in [0.25, 0.3) is 32.4 Å². The maximum Gasteiger partial charge on any atom is 0.258 e. The zero-order chi connectivity index (χ0) is 20.7. The van der Waals surface area contributed by atoms with E-state index in [4.69, 9.17) is 4.98 Å². The zero-order valence-electron chi connectivity index (χ0n) is 16.6. The van der Waals surface area contributed by atoms with Crippen molar-refractivity contribution in [2.75, 3.05) is 5.32 Å². The third kappa shape index (κ3) is 3.33. The summed E-state index contributed by atoms with van der Waals surface area (Å²) in [5.74, 6) is -0.181. The molecular weight excluding hydrogens is 390 g/mol. The molecule has 5 rings (SSSR count). The van der Waals surface area contributed by atoms with Crippen LogP contribution < -0.4 is 5.32 Å². The van der Waals surface area contributed by atoms with Gasteiger partial charge in [0.25, 0.3) is 5.91 Å². The number of fused-ring (bicyclic) bond motifs is 2. The lowest BCUT2D eigenvalue weighted by molar-refractivity contribution is 0.102. The summed E-state index contributed by atoms with van der Waals surface area (Å²) < 4.78 is 1.06. The van der Waals surface area contributed by atoms with Crippen LogP contribution in [0, 0.1) is 13.8 Å². The molecule has 0 aliphatic rings. The number of nitrogens with zero attached hydrogens (tertiary/aromatic N) is 2. The lowest BCUT2D eigenvalue weighted by Crippen LogP contribution is -2.13. The van der Waals surface area contributed by atoms with Gasteiger partial charge in [-0.2, -0.15) is 0 Å². The summed E-state index contributed by atoms with van der Waals surface area (Å²) in [5.41, 5.74) is 6.38. The van der Waals surface area contributed by atoms with E-state index in [0.29, 0.717) is 10.7 Å². The molecule has 0 aliphatic heterocycles. The van der Waals surface area contributed by atoms with Crippen LogP contribution in [0.15, 0.2) is 72.8 Å². The third-order valence-electron chi connectivity index (χ3n) is 5.15. The number of para-hydroxylation sites is 1. The first kappa shape index (κ1) is 18.5. The van der Waals surface area contributed by atoms with Crippen molar-refractivity contribution in [1.29, 1.82) is 0 Å². The molecule has 0 saturated carbocycles. The molecule has 4 nitrogen and oxygen atoms in total. The van der Waals surface area contributed by atoms with Gasteiger partial charge < -0.3 is 0 Å². The number of hydrogen-bond donors (Lipinski definition) is 1. The zero-order valence-corrected chi connectivity index (χ0v) is 17.5. The van der Waals surface area contributed by atoms with E-state index < -0.39 is 0 Å². The largest absolute Gasteiger partial charge is 0.298 e. The summed E-state index contributed by atoms with van der Waals surface area (Å²) in [6, 6.07) is 23.8. The second-order valence-electron chi connectivity index (χ2n) is 7.33. The normalized spacial score (nSPS) is 11.1. The first-order valence-corrected chi connectivity index (χ1v) is 10.5. The predicted octanol–water partition coefficient (Wildman–Crippen LogP) is 6.38. The van der Waals surface area contributed by atoms with Gasteiger partial charge in [0.1, 0.15) is 0 Å². The average molecular weight is 410 g/mol. The van der Waals surface area contributed by atoms with Crippen LogP contribution in [-0.2, 0) is 0 Å². The summed E-state index contributed by atoms with van der Waals surface area (Å²) in [4.78, 5) is 22.6. The SMILES string of the molecule is Cc1ccc2nc(NC(=O)c3cc(-c4ccccc4C)nc4ccccc34)sc2c1. The Morgan fingerprint density at radius 3 is 2.53 bits per heavy atom. The van der Waals surface area contributed by atoms with Gasteiger partial charge in [0.2, 0.25) is 0 Å². The topological polar surface area (TPSA) is 54.9 Å². The minimum Gasteiger partial charge on any atom is -0.298 e. The fourth-order valence-electron chi connectivity index (χ4n) is 3.61. The van der Waals surface area contributed by atoms with Crippen LogP contribution in [0.5, 0.6) is 0 Å². The molecule has 0 atom stereocenters. The molecular formula is C25H19N3OS. The molecule has 2 aromatic heterocycles. The second kappa shape index (κ2) is 7.35. The van der Waals surface area contributed by atoms with E-state index in [9.17, 15) is 4.79 Å². The Morgan fingerprint density at radius 1 is 0.867 bits per heavy atom. The van der Waals surface area contributed by atoms with Gasteiger partial charge in [-0.1, -0.05) is 59.9 Å². The molecule has 0 aliphatic carbocycles. The number of nitrogens with one attached hydrogen (secondary N) is 1. The Bertz CT molecular complexity index is 1420. The number of pyridine rings is 1. The van der Waals surface area contributed by atoms with Crippen molar-refractivity contribution >= 4 is 43.5 Å². The molecule has 1 N–H and O–H groups in total. The Balaban J connectivity index is 1.59. The van der Waals surface area contributed by atoms with Crippen LogP contribution in [0.1, 0.15) is 21.5 Å². The van der Waals surface area contributed by atoms with Gasteiger partial charge in [0.05, 0.1) is 27.0 Å². The van der Waals surface area contributed by atoms with Gasteiger partial charge in [0, 0.05) is 10.9 Å². The second-order valence-corrected chi connectivity index (χ2v) is 8.36. The molecule has 0 spiro atoms. The number of carbonyl (C=O) groups is 1. The first-order valence-electron chi connectivity index (χ1n) is 9.73. The Kier molecular flexibility index (Phi) is 4.52. The highest BCUT2D eigenvalue weighted by molar-refractivity contribution is 7.22. The highest BCUT2D eigenvalue weighted by Crippen LogP contribution is 2.30. The Hall–Kier alpha value is -3.57. The molecule has 5 heteroatoms. The molecule has 0 unspecified atom stereocenters. The maximum atomic E-state index is 13.3. The van der Waals surface area contributed by atoms with Crippen molar-refractivity contribution in [2.45, 2.75) is 13.8 Å². The third-order valence-corrected chi connectivity index (χ3v) is 6.08. The highest BCUT2D eigenvalue weighted by Gasteiger charge is 2.16. The molecule has 0 saturated heterocycles. The molecule has 146 valence electrons. The van der Waals surface area contributed by atoms with Crippen molar-refractivity contribution in [3.8, 4) is 11.3 Å². The first-order chi connectivity index (χ1) is 14.6. The minimum atomic E-state index is -0.181. The van der Waals surface area contributed by atoms with E-state index in [1.807, 2.05) is 67.6 Å². The van der Waals surface area contributed by atoms with Crippen LogP contribution >= 0.6 is 11.3 Å². The van der Waals surface area contributed by atoms with E-state index in [-0.39, 0.29) is 5.91 Å². The fourth-order valence-corrected chi connectivity index (χ4v) is 4.57. The van der Waals surface area contributed by atoms with Gasteiger partial charge in [-0.25, -0.2) is 9.97 Å². The lowest BCUT2D eigenvalue weighted by atomic mass is 10.0. The average Bonchev–Trinajstić information content (AvgIpc) is 3.14. The molecule has 0 fully saturated rings.